The summed E-state index contributed by atoms with van der Waals surface area (Å²) < 4.78 is 0. The third kappa shape index (κ3) is 5.25. The third-order valence-electron chi connectivity index (χ3n) is 4.40. The summed E-state index contributed by atoms with van der Waals surface area (Å²) in [4.78, 5) is 0. The zero-order valence-corrected chi connectivity index (χ0v) is 11.9. The van der Waals surface area contributed by atoms with Crippen molar-refractivity contribution in [2.75, 3.05) is 13.1 Å². The molecule has 1 fully saturated rings. The van der Waals surface area contributed by atoms with Gasteiger partial charge in [0, 0.05) is 0 Å². The Morgan fingerprint density at radius 2 is 2.06 bits per heavy atom. The number of allylic oxidation sites excluding steroid dienone is 1. The van der Waals surface area contributed by atoms with Crippen LogP contribution in [0.5, 0.6) is 0 Å². The van der Waals surface area contributed by atoms with E-state index in [1.165, 1.54) is 58.0 Å². The lowest BCUT2D eigenvalue weighted by molar-refractivity contribution is 0.164. The molecule has 0 aliphatic heterocycles. The summed E-state index contributed by atoms with van der Waals surface area (Å²) in [5.41, 5.74) is 0. The Bertz CT molecular complexity index is 198. The molecular weight excluding hydrogens is 206 g/mol. The van der Waals surface area contributed by atoms with E-state index < -0.39 is 0 Å². The van der Waals surface area contributed by atoms with Gasteiger partial charge in [0.05, 0.1) is 0 Å². The van der Waals surface area contributed by atoms with Crippen LogP contribution in [0.15, 0.2) is 12.7 Å². The monoisotopic (exact) mass is 237 g/mol. The molecular formula is C16H31N. The Labute approximate surface area is 108 Å². The lowest BCUT2D eigenvalue weighted by atomic mass is 9.71. The van der Waals surface area contributed by atoms with Crippen LogP contribution in [-0.2, 0) is 0 Å². The fourth-order valence-electron chi connectivity index (χ4n) is 3.21. The average molecular weight is 237 g/mol. The van der Waals surface area contributed by atoms with E-state index in [9.17, 15) is 0 Å². The number of nitrogens with one attached hydrogen (secondary N) is 1. The first-order valence-corrected chi connectivity index (χ1v) is 7.63. The molecule has 3 atom stereocenters. The fraction of sp³-hybridized carbons (Fsp3) is 0.875. The van der Waals surface area contributed by atoms with Gasteiger partial charge < -0.3 is 5.32 Å². The first kappa shape index (κ1) is 14.8. The molecule has 0 radical (unpaired) electrons. The van der Waals surface area contributed by atoms with Crippen molar-refractivity contribution >= 4 is 0 Å². The Balaban J connectivity index is 2.38. The molecule has 0 bridgehead atoms. The molecule has 0 saturated heterocycles. The van der Waals surface area contributed by atoms with Gasteiger partial charge in [-0.2, -0.15) is 0 Å². The van der Waals surface area contributed by atoms with E-state index >= 15 is 0 Å². The van der Waals surface area contributed by atoms with Crippen LogP contribution in [-0.4, -0.2) is 13.1 Å². The van der Waals surface area contributed by atoms with Crippen molar-refractivity contribution in [3.63, 3.8) is 0 Å². The van der Waals surface area contributed by atoms with Gasteiger partial charge >= 0.3 is 0 Å². The van der Waals surface area contributed by atoms with Crippen molar-refractivity contribution in [3.05, 3.63) is 12.7 Å². The van der Waals surface area contributed by atoms with E-state index in [1.807, 2.05) is 0 Å². The summed E-state index contributed by atoms with van der Waals surface area (Å²) in [6, 6.07) is 0. The van der Waals surface area contributed by atoms with Crippen LogP contribution in [0.1, 0.15) is 58.8 Å². The van der Waals surface area contributed by atoms with Gasteiger partial charge in [-0.3, -0.25) is 0 Å². The summed E-state index contributed by atoms with van der Waals surface area (Å²) in [6.07, 6.45) is 11.6. The van der Waals surface area contributed by atoms with Crippen molar-refractivity contribution in [2.24, 2.45) is 17.8 Å². The molecule has 17 heavy (non-hydrogen) atoms. The minimum absolute atomic E-state index is 0.921. The average Bonchev–Trinajstić information content (AvgIpc) is 2.37. The van der Waals surface area contributed by atoms with Crippen LogP contribution in [0.2, 0.25) is 0 Å². The summed E-state index contributed by atoms with van der Waals surface area (Å²) in [5, 5.41) is 3.62. The molecule has 1 N–H and O–H groups in total. The van der Waals surface area contributed by atoms with Crippen molar-refractivity contribution in [3.8, 4) is 0 Å². The van der Waals surface area contributed by atoms with Crippen molar-refractivity contribution in [1.82, 2.24) is 5.32 Å². The SMILES string of the molecule is C=CCCC1CC(CC)CCC1CNCCC. The lowest BCUT2D eigenvalue weighted by Crippen LogP contribution is -2.33. The highest BCUT2D eigenvalue weighted by Gasteiger charge is 2.28. The maximum absolute atomic E-state index is 3.87. The van der Waals surface area contributed by atoms with E-state index in [4.69, 9.17) is 0 Å². The normalized spacial score (nSPS) is 29.2. The zero-order valence-electron chi connectivity index (χ0n) is 11.9. The molecule has 1 nitrogen and oxygen atoms in total. The Morgan fingerprint density at radius 3 is 2.71 bits per heavy atom. The molecule has 0 heterocycles. The summed E-state index contributed by atoms with van der Waals surface area (Å²) in [5.74, 6) is 2.85. The third-order valence-corrected chi connectivity index (χ3v) is 4.40. The van der Waals surface area contributed by atoms with Gasteiger partial charge in [-0.25, -0.2) is 0 Å². The first-order chi connectivity index (χ1) is 8.31. The standard InChI is InChI=1S/C16H31N/c1-4-7-8-15-12-14(6-3)9-10-16(15)13-17-11-5-2/h4,14-17H,1,5-13H2,2-3H3. The molecule has 0 aromatic heterocycles. The van der Waals surface area contributed by atoms with Crippen molar-refractivity contribution < 1.29 is 0 Å². The predicted octanol–water partition coefficient (Wildman–Crippen LogP) is 4.39. The van der Waals surface area contributed by atoms with Crippen LogP contribution >= 0.6 is 0 Å². The summed E-state index contributed by atoms with van der Waals surface area (Å²) >= 11 is 0. The molecule has 100 valence electrons. The molecule has 3 unspecified atom stereocenters. The van der Waals surface area contributed by atoms with Gasteiger partial charge in [-0.15, -0.1) is 6.58 Å². The molecule has 0 spiro atoms. The van der Waals surface area contributed by atoms with Crippen LogP contribution in [0.4, 0.5) is 0 Å². The van der Waals surface area contributed by atoms with E-state index in [-0.39, 0.29) is 0 Å². The second-order valence-corrected chi connectivity index (χ2v) is 5.68. The van der Waals surface area contributed by atoms with Crippen LogP contribution in [0.25, 0.3) is 0 Å². The highest BCUT2D eigenvalue weighted by Crippen LogP contribution is 2.37. The second-order valence-electron chi connectivity index (χ2n) is 5.68. The summed E-state index contributed by atoms with van der Waals surface area (Å²) in [6.45, 7) is 10.9. The van der Waals surface area contributed by atoms with Gasteiger partial charge in [0.1, 0.15) is 0 Å². The molecule has 0 amide bonds. The van der Waals surface area contributed by atoms with Gasteiger partial charge in [-0.1, -0.05) is 32.8 Å². The van der Waals surface area contributed by atoms with E-state index in [1.54, 1.807) is 0 Å². The maximum Gasteiger partial charge on any atom is -0.00179 e. The van der Waals surface area contributed by atoms with Crippen molar-refractivity contribution in [2.45, 2.75) is 58.8 Å². The van der Waals surface area contributed by atoms with Crippen LogP contribution in [0, 0.1) is 17.8 Å². The molecule has 1 heteroatoms. The van der Waals surface area contributed by atoms with Crippen LogP contribution in [0.3, 0.4) is 0 Å². The van der Waals surface area contributed by atoms with E-state index in [2.05, 4.69) is 31.8 Å². The summed E-state index contributed by atoms with van der Waals surface area (Å²) in [7, 11) is 0. The number of hydrogen-bond acceptors (Lipinski definition) is 1. The number of hydrogen-bond donors (Lipinski definition) is 1. The largest absolute Gasteiger partial charge is 0.316 e. The van der Waals surface area contributed by atoms with Crippen molar-refractivity contribution in [1.29, 1.82) is 0 Å². The molecule has 1 rings (SSSR count). The quantitative estimate of drug-likeness (QED) is 0.487. The highest BCUT2D eigenvalue weighted by atomic mass is 14.9. The Hall–Kier alpha value is -0.300. The van der Waals surface area contributed by atoms with E-state index in [0.29, 0.717) is 0 Å². The molecule has 1 aliphatic carbocycles. The number of rotatable bonds is 8. The Kier molecular flexibility index (Phi) is 7.59. The first-order valence-electron chi connectivity index (χ1n) is 7.63. The smallest absolute Gasteiger partial charge is 0.00179 e. The fourth-order valence-corrected chi connectivity index (χ4v) is 3.21. The van der Waals surface area contributed by atoms with Crippen LogP contribution < -0.4 is 5.32 Å². The van der Waals surface area contributed by atoms with E-state index in [0.717, 1.165) is 17.8 Å². The minimum Gasteiger partial charge on any atom is -0.316 e. The minimum atomic E-state index is 0.921. The lowest BCUT2D eigenvalue weighted by Gasteiger charge is -2.36. The van der Waals surface area contributed by atoms with Gasteiger partial charge in [0.15, 0.2) is 0 Å². The molecule has 0 aromatic carbocycles. The second kappa shape index (κ2) is 8.74. The van der Waals surface area contributed by atoms with Gasteiger partial charge in [0.2, 0.25) is 0 Å². The predicted molar refractivity (Wildman–Crippen MR) is 77.2 cm³/mol. The molecule has 1 saturated carbocycles. The topological polar surface area (TPSA) is 12.0 Å². The van der Waals surface area contributed by atoms with Gasteiger partial charge in [-0.05, 0) is 62.9 Å². The molecule has 1 aliphatic rings. The highest BCUT2D eigenvalue weighted by molar-refractivity contribution is 4.83. The Morgan fingerprint density at radius 1 is 1.24 bits per heavy atom. The molecule has 0 aromatic rings. The zero-order chi connectivity index (χ0) is 12.5. The van der Waals surface area contributed by atoms with Gasteiger partial charge in [0.25, 0.3) is 0 Å². The maximum atomic E-state index is 3.87.